The normalized spacial score (nSPS) is 13.9. The van der Waals surface area contributed by atoms with Crippen LogP contribution in [-0.2, 0) is 32.9 Å². The molecule has 0 N–H and O–H groups in total. The zero-order valence-electron chi connectivity index (χ0n) is 32.3. The summed E-state index contributed by atoms with van der Waals surface area (Å²) in [6.07, 6.45) is 14.4. The van der Waals surface area contributed by atoms with E-state index in [1.165, 1.54) is 54.8 Å². The molecular weight excluding hydrogens is 855 g/mol. The Morgan fingerprint density at radius 1 is 0.796 bits per heavy atom. The number of fused-ring (bicyclic) bond motifs is 3. The summed E-state index contributed by atoms with van der Waals surface area (Å²) in [6, 6.07) is 39.9. The minimum Gasteiger partial charge on any atom is -0.486 e. The maximum Gasteiger partial charge on any atom is 0.216 e. The second kappa shape index (κ2) is 17.9. The van der Waals surface area contributed by atoms with Gasteiger partial charge in [0.25, 0.3) is 0 Å². The first-order valence-electron chi connectivity index (χ1n) is 19.5. The minimum absolute atomic E-state index is 0. The van der Waals surface area contributed by atoms with Crippen molar-refractivity contribution in [2.75, 3.05) is 0 Å². The number of benzene rings is 3. The van der Waals surface area contributed by atoms with Gasteiger partial charge in [-0.2, -0.15) is 0 Å². The summed E-state index contributed by atoms with van der Waals surface area (Å²) in [5, 5.41) is 3.58. The van der Waals surface area contributed by atoms with E-state index in [9.17, 15) is 0 Å². The van der Waals surface area contributed by atoms with Crippen LogP contribution in [0.5, 0.6) is 0 Å². The first kappa shape index (κ1) is 39.5. The zero-order chi connectivity index (χ0) is 36.8. The minimum atomic E-state index is -1.35. The van der Waals surface area contributed by atoms with Crippen molar-refractivity contribution in [2.45, 2.75) is 84.9 Å². The van der Waals surface area contributed by atoms with E-state index in [0.29, 0.717) is 5.71 Å². The number of hydrogen-bond donors (Lipinski definition) is 0. The van der Waals surface area contributed by atoms with E-state index < -0.39 is 8.07 Å². The maximum absolute atomic E-state index is 6.07. The van der Waals surface area contributed by atoms with Crippen LogP contribution in [0, 0.1) is 24.0 Å². The molecule has 279 valence electrons. The van der Waals surface area contributed by atoms with Crippen LogP contribution in [0.1, 0.15) is 63.5 Å². The first-order chi connectivity index (χ1) is 25.7. The van der Waals surface area contributed by atoms with Gasteiger partial charge in [0, 0.05) is 43.4 Å². The number of pyridine rings is 3. The Hall–Kier alpha value is -4.22. The van der Waals surface area contributed by atoms with E-state index >= 15 is 0 Å². The maximum atomic E-state index is 6.07. The van der Waals surface area contributed by atoms with Crippen LogP contribution in [0.4, 0.5) is 0 Å². The summed E-state index contributed by atoms with van der Waals surface area (Å²) in [4.78, 5) is 14.1. The van der Waals surface area contributed by atoms with E-state index in [2.05, 4.69) is 111 Å². The van der Waals surface area contributed by atoms with E-state index in [0.717, 1.165) is 74.8 Å². The van der Waals surface area contributed by atoms with Gasteiger partial charge in [-0.1, -0.05) is 131 Å². The Morgan fingerprint density at radius 3 is 2.31 bits per heavy atom. The molecule has 4 nitrogen and oxygen atoms in total. The predicted molar refractivity (Wildman–Crippen MR) is 224 cm³/mol. The molecule has 6 heteroatoms. The molecule has 4 aromatic heterocycles. The molecule has 1 aliphatic carbocycles. The average molecular weight is 906 g/mol. The van der Waals surface area contributed by atoms with Crippen molar-refractivity contribution < 1.29 is 24.5 Å². The molecule has 1 aliphatic rings. The fourth-order valence-electron chi connectivity index (χ4n) is 7.55. The van der Waals surface area contributed by atoms with Crippen molar-refractivity contribution in [3.63, 3.8) is 0 Å². The van der Waals surface area contributed by atoms with Crippen molar-refractivity contribution >= 4 is 35.3 Å². The molecule has 0 aliphatic heterocycles. The van der Waals surface area contributed by atoms with Crippen LogP contribution in [0.15, 0.2) is 114 Å². The molecule has 0 amide bonds. The Kier molecular flexibility index (Phi) is 13.1. The van der Waals surface area contributed by atoms with Crippen molar-refractivity contribution in [1.29, 1.82) is 0 Å². The van der Waals surface area contributed by atoms with Gasteiger partial charge in [0.15, 0.2) is 0 Å². The van der Waals surface area contributed by atoms with Gasteiger partial charge < -0.3 is 14.4 Å². The third kappa shape index (κ3) is 9.52. The van der Waals surface area contributed by atoms with Crippen LogP contribution in [-0.4, -0.2) is 23.0 Å². The molecule has 1 fully saturated rings. The standard InChI is InChI=1S/C29H25N2O.C19H26NSi.Ir/c1-3-7-20(8-4-1)17-21-15-16-30-27(18-21)23-11-14-28-25(19-23)24-12-13-26(31-29(24)32-28)22-9-5-2-6-10-22;1-6-15(2)12-17-13-18(16-10-8-7-9-11-16)20-14-19(17)21(3,4)5;/h2,5-6,9-10,12-16,18-20H,1,3-4,7-8,17H2;7-10,13-15H,6,12H2,1-5H3;/q2*-1;. The molecule has 8 rings (SSSR count). The second-order valence-electron chi connectivity index (χ2n) is 15.9. The van der Waals surface area contributed by atoms with Crippen LogP contribution in [0.3, 0.4) is 0 Å². The smallest absolute Gasteiger partial charge is 0.216 e. The van der Waals surface area contributed by atoms with Gasteiger partial charge >= 0.3 is 0 Å². The van der Waals surface area contributed by atoms with E-state index in [1.807, 2.05) is 48.7 Å². The summed E-state index contributed by atoms with van der Waals surface area (Å²) >= 11 is 0. The third-order valence-electron chi connectivity index (χ3n) is 10.7. The average Bonchev–Trinajstić information content (AvgIpc) is 3.56. The van der Waals surface area contributed by atoms with Crippen molar-refractivity contribution in [1.82, 2.24) is 15.0 Å². The number of rotatable bonds is 9. The van der Waals surface area contributed by atoms with Gasteiger partial charge in [0.2, 0.25) is 5.71 Å². The number of furan rings is 1. The molecule has 4 heterocycles. The Labute approximate surface area is 336 Å². The van der Waals surface area contributed by atoms with Gasteiger partial charge in [-0.05, 0) is 59.5 Å². The molecule has 54 heavy (non-hydrogen) atoms. The van der Waals surface area contributed by atoms with Crippen molar-refractivity contribution in [3.05, 3.63) is 133 Å². The second-order valence-corrected chi connectivity index (χ2v) is 20.9. The molecule has 0 spiro atoms. The number of hydrogen-bond acceptors (Lipinski definition) is 4. The fourth-order valence-corrected chi connectivity index (χ4v) is 9.14. The molecule has 3 aromatic carbocycles. The summed E-state index contributed by atoms with van der Waals surface area (Å²) in [5.41, 5.74) is 10.4. The summed E-state index contributed by atoms with van der Waals surface area (Å²) in [5.74, 6) is 1.53. The number of nitrogens with zero attached hydrogens (tertiary/aromatic N) is 3. The van der Waals surface area contributed by atoms with Crippen molar-refractivity contribution in [3.8, 4) is 33.8 Å². The van der Waals surface area contributed by atoms with Gasteiger partial charge in [-0.15, -0.1) is 59.7 Å². The fraction of sp³-hybridized carbons (Fsp3) is 0.312. The zero-order valence-corrected chi connectivity index (χ0v) is 35.7. The first-order valence-corrected chi connectivity index (χ1v) is 23.0. The molecule has 0 saturated heterocycles. The Bertz CT molecular complexity index is 2270. The van der Waals surface area contributed by atoms with Crippen molar-refractivity contribution in [2.24, 2.45) is 11.8 Å². The van der Waals surface area contributed by atoms with Gasteiger partial charge in [-0.3, -0.25) is 0 Å². The Balaban J connectivity index is 0.000000198. The third-order valence-corrected chi connectivity index (χ3v) is 12.8. The summed E-state index contributed by atoms with van der Waals surface area (Å²) in [6.45, 7) is 11.8. The summed E-state index contributed by atoms with van der Waals surface area (Å²) < 4.78 is 6.07. The monoisotopic (exact) mass is 906 g/mol. The molecule has 1 atom stereocenters. The van der Waals surface area contributed by atoms with Crippen LogP contribution >= 0.6 is 0 Å². The predicted octanol–water partition coefficient (Wildman–Crippen LogP) is 12.3. The largest absolute Gasteiger partial charge is 0.486 e. The van der Waals surface area contributed by atoms with E-state index in [1.54, 1.807) is 0 Å². The van der Waals surface area contributed by atoms with E-state index in [4.69, 9.17) is 14.4 Å². The van der Waals surface area contributed by atoms with Gasteiger partial charge in [0.1, 0.15) is 0 Å². The molecule has 1 unspecified atom stereocenters. The van der Waals surface area contributed by atoms with Crippen LogP contribution in [0.2, 0.25) is 19.6 Å². The molecular formula is C48H51IrN3OSi-2. The molecule has 1 saturated carbocycles. The molecule has 0 bridgehead atoms. The quantitative estimate of drug-likeness (QED) is 0.107. The number of aromatic nitrogens is 3. The SMILES string of the molecule is CCC(C)Cc1cc(-c2[c-]cccc2)ncc1[Si](C)(C)C.[Ir].[c-]1cc2oc3nc(-c4ccccc4)ccc3c2cc1-c1cc(CC2CCCCC2)ccn1. The molecule has 7 aromatic rings. The molecule has 1 radical (unpaired) electrons. The summed E-state index contributed by atoms with van der Waals surface area (Å²) in [7, 11) is -1.35. The van der Waals surface area contributed by atoms with Crippen LogP contribution in [0.25, 0.3) is 55.8 Å². The van der Waals surface area contributed by atoms with E-state index in [-0.39, 0.29) is 20.1 Å². The van der Waals surface area contributed by atoms with Gasteiger partial charge in [-0.25, -0.2) is 4.98 Å². The van der Waals surface area contributed by atoms with Crippen LogP contribution < -0.4 is 5.19 Å². The topological polar surface area (TPSA) is 51.8 Å². The Morgan fingerprint density at radius 2 is 1.57 bits per heavy atom. The van der Waals surface area contributed by atoms with Gasteiger partial charge in [0.05, 0.1) is 19.4 Å².